The lowest BCUT2D eigenvalue weighted by atomic mass is 9.77. The Morgan fingerprint density at radius 1 is 1.03 bits per heavy atom. The van der Waals surface area contributed by atoms with Crippen molar-refractivity contribution >= 4 is 11.8 Å². The Kier molecular flexibility index (Phi) is 5.71. The Balaban J connectivity index is 0.00000231. The highest BCUT2D eigenvalue weighted by atomic mass is 16.5. The van der Waals surface area contributed by atoms with Gasteiger partial charge in [0.25, 0.3) is 0 Å². The molecule has 2 aliphatic rings. The van der Waals surface area contributed by atoms with Crippen LogP contribution in [-0.4, -0.2) is 39.4 Å². The number of nitrogens with zero attached hydrogens (tertiary/aromatic N) is 4. The number of anilines is 2. The summed E-state index contributed by atoms with van der Waals surface area (Å²) < 4.78 is 5.65. The molecule has 7 heteroatoms. The molecule has 1 unspecified atom stereocenters. The zero-order valence-corrected chi connectivity index (χ0v) is 17.2. The average molecular weight is 422 g/mol. The summed E-state index contributed by atoms with van der Waals surface area (Å²) >= 11 is 0. The molecular formula is C24H31N5O2. The number of benzene rings is 1. The Hall–Kier alpha value is -2.93. The molecule has 7 nitrogen and oxygen atoms in total. The van der Waals surface area contributed by atoms with Gasteiger partial charge in [0.1, 0.15) is 5.82 Å². The predicted molar refractivity (Wildman–Crippen MR) is 122 cm³/mol. The topological polar surface area (TPSA) is 101 Å². The molecule has 2 aromatic heterocycles. The number of rotatable bonds is 5. The normalized spacial score (nSPS) is 19.0. The van der Waals surface area contributed by atoms with E-state index in [1.807, 2.05) is 12.1 Å². The van der Waals surface area contributed by atoms with E-state index in [0.29, 0.717) is 17.8 Å². The molecule has 3 aromatic rings. The van der Waals surface area contributed by atoms with Gasteiger partial charge in [0, 0.05) is 24.8 Å². The van der Waals surface area contributed by atoms with Crippen LogP contribution in [0.1, 0.15) is 51.4 Å². The molecule has 3 N–H and O–H groups in total. The van der Waals surface area contributed by atoms with E-state index in [0.717, 1.165) is 42.9 Å². The van der Waals surface area contributed by atoms with Crippen molar-refractivity contribution in [3.8, 4) is 11.1 Å². The molecule has 0 amide bonds. The Morgan fingerprint density at radius 3 is 2.32 bits per heavy atom. The summed E-state index contributed by atoms with van der Waals surface area (Å²) in [5, 5.41) is 14.1. The maximum Gasteiger partial charge on any atom is 0.324 e. The minimum atomic E-state index is -0.283. The molecule has 5 rings (SSSR count). The first kappa shape index (κ1) is 21.3. The molecule has 0 radical (unpaired) electrons. The first-order valence-electron chi connectivity index (χ1n) is 10.6. The summed E-state index contributed by atoms with van der Waals surface area (Å²) in [6.07, 6.45) is 5.37. The Bertz CT molecular complexity index is 1010. The van der Waals surface area contributed by atoms with Crippen LogP contribution in [0.2, 0.25) is 0 Å². The minimum absolute atomic E-state index is 0. The molecule has 31 heavy (non-hydrogen) atoms. The van der Waals surface area contributed by atoms with E-state index >= 15 is 0 Å². The number of nitrogen functional groups attached to an aromatic ring is 1. The fourth-order valence-corrected chi connectivity index (χ4v) is 4.41. The predicted octanol–water partition coefficient (Wildman–Crippen LogP) is 4.03. The second-order valence-electron chi connectivity index (χ2n) is 8.64. The molecule has 164 valence electrons. The minimum Gasteiger partial charge on any atom is -0.393 e. The fraction of sp³-hybridized carbons (Fsp3) is 0.458. The van der Waals surface area contributed by atoms with E-state index in [9.17, 15) is 5.11 Å². The van der Waals surface area contributed by atoms with Crippen LogP contribution in [0.3, 0.4) is 0 Å². The van der Waals surface area contributed by atoms with Crippen molar-refractivity contribution in [2.75, 3.05) is 23.7 Å². The van der Waals surface area contributed by atoms with Crippen LogP contribution in [-0.2, 0) is 5.41 Å². The van der Waals surface area contributed by atoms with E-state index in [-0.39, 0.29) is 18.9 Å². The highest BCUT2D eigenvalue weighted by Crippen LogP contribution is 2.50. The molecule has 1 atom stereocenters. The third-order valence-corrected chi connectivity index (χ3v) is 6.61. The summed E-state index contributed by atoms with van der Waals surface area (Å²) in [6.45, 7) is 3.71. The van der Waals surface area contributed by atoms with Crippen LogP contribution < -0.4 is 10.6 Å². The third-order valence-electron chi connectivity index (χ3n) is 6.61. The van der Waals surface area contributed by atoms with Crippen LogP contribution in [0.15, 0.2) is 47.1 Å². The number of hydrogen-bond acceptors (Lipinski definition) is 7. The monoisotopic (exact) mass is 421 g/mol. The van der Waals surface area contributed by atoms with Gasteiger partial charge in [0.05, 0.1) is 11.5 Å². The number of nitrogens with two attached hydrogens (primary N) is 1. The van der Waals surface area contributed by atoms with Gasteiger partial charge < -0.3 is 20.3 Å². The van der Waals surface area contributed by atoms with Gasteiger partial charge in [-0.05, 0) is 61.8 Å². The lowest BCUT2D eigenvalue weighted by Crippen LogP contribution is -2.36. The molecule has 0 bridgehead atoms. The van der Waals surface area contributed by atoms with Crippen molar-refractivity contribution in [3.05, 3.63) is 54.0 Å². The lowest BCUT2D eigenvalue weighted by Gasteiger charge is -2.28. The maximum absolute atomic E-state index is 9.75. The van der Waals surface area contributed by atoms with Crippen molar-refractivity contribution < 1.29 is 9.63 Å². The zero-order valence-electron chi connectivity index (χ0n) is 17.2. The molecular weight excluding hydrogens is 390 g/mol. The largest absolute Gasteiger partial charge is 0.393 e. The fourth-order valence-electron chi connectivity index (χ4n) is 4.41. The van der Waals surface area contributed by atoms with E-state index in [2.05, 4.69) is 46.2 Å². The summed E-state index contributed by atoms with van der Waals surface area (Å²) in [5.41, 5.74) is 8.76. The standard InChI is InChI=1S/C23H27N5O2.CH4/c1-23(18-7-8-18,21-26-22(30-27-21)28-12-10-19(29)11-13-28)17-5-2-15(3-6-17)16-4-9-20(24)25-14-16;/h2-6,9,14,18-19,29H,7-8,10-13H2,1H3,(H2,24,25);1H4. The van der Waals surface area contributed by atoms with Crippen LogP contribution in [0.25, 0.3) is 11.1 Å². The van der Waals surface area contributed by atoms with Crippen molar-refractivity contribution in [2.24, 2.45) is 5.92 Å². The molecule has 1 aliphatic heterocycles. The van der Waals surface area contributed by atoms with Crippen LogP contribution in [0, 0.1) is 5.92 Å². The summed E-state index contributed by atoms with van der Waals surface area (Å²) in [4.78, 5) is 11.1. The van der Waals surface area contributed by atoms with Crippen LogP contribution >= 0.6 is 0 Å². The van der Waals surface area contributed by atoms with E-state index in [1.54, 1.807) is 6.20 Å². The van der Waals surface area contributed by atoms with Crippen molar-refractivity contribution in [3.63, 3.8) is 0 Å². The van der Waals surface area contributed by atoms with E-state index in [1.165, 1.54) is 18.4 Å². The second kappa shape index (κ2) is 8.30. The van der Waals surface area contributed by atoms with E-state index < -0.39 is 0 Å². The number of hydrogen-bond donors (Lipinski definition) is 2. The van der Waals surface area contributed by atoms with Crippen molar-refractivity contribution in [2.45, 2.75) is 51.6 Å². The van der Waals surface area contributed by atoms with Crippen molar-refractivity contribution in [1.82, 2.24) is 15.1 Å². The molecule has 0 spiro atoms. The van der Waals surface area contributed by atoms with Gasteiger partial charge >= 0.3 is 6.01 Å². The number of aliphatic hydroxyl groups excluding tert-OH is 1. The third kappa shape index (κ3) is 4.02. The highest BCUT2D eigenvalue weighted by molar-refractivity contribution is 5.64. The van der Waals surface area contributed by atoms with Gasteiger partial charge in [-0.3, -0.25) is 0 Å². The first-order valence-corrected chi connectivity index (χ1v) is 10.6. The van der Waals surface area contributed by atoms with Gasteiger partial charge in [0.15, 0.2) is 5.82 Å². The van der Waals surface area contributed by atoms with Crippen molar-refractivity contribution in [1.29, 1.82) is 0 Å². The van der Waals surface area contributed by atoms with Crippen LogP contribution in [0.5, 0.6) is 0 Å². The number of pyridine rings is 1. The molecule has 1 aliphatic carbocycles. The van der Waals surface area contributed by atoms with Gasteiger partial charge in [-0.1, -0.05) is 36.8 Å². The van der Waals surface area contributed by atoms with Crippen LogP contribution in [0.4, 0.5) is 11.8 Å². The summed E-state index contributed by atoms with van der Waals surface area (Å²) in [6, 6.07) is 12.9. The van der Waals surface area contributed by atoms with Gasteiger partial charge in [0.2, 0.25) is 0 Å². The van der Waals surface area contributed by atoms with E-state index in [4.69, 9.17) is 15.2 Å². The quantitative estimate of drug-likeness (QED) is 0.641. The van der Waals surface area contributed by atoms with Gasteiger partial charge in [-0.2, -0.15) is 4.98 Å². The molecule has 1 saturated heterocycles. The smallest absolute Gasteiger partial charge is 0.324 e. The number of aliphatic hydroxyl groups is 1. The molecule has 3 heterocycles. The summed E-state index contributed by atoms with van der Waals surface area (Å²) in [7, 11) is 0. The second-order valence-corrected chi connectivity index (χ2v) is 8.64. The Labute approximate surface area is 183 Å². The molecule has 1 aromatic carbocycles. The number of piperidine rings is 1. The first-order chi connectivity index (χ1) is 14.5. The SMILES string of the molecule is C.CC(c1ccc(-c2ccc(N)nc2)cc1)(c1noc(N2CCC(O)CC2)n1)C1CC1. The summed E-state index contributed by atoms with van der Waals surface area (Å²) in [5.74, 6) is 1.77. The molecule has 2 fully saturated rings. The highest BCUT2D eigenvalue weighted by Gasteiger charge is 2.47. The average Bonchev–Trinajstić information content (AvgIpc) is 3.52. The number of aromatic nitrogens is 3. The Morgan fingerprint density at radius 2 is 1.71 bits per heavy atom. The zero-order chi connectivity index (χ0) is 20.7. The lowest BCUT2D eigenvalue weighted by molar-refractivity contribution is 0.143. The van der Waals surface area contributed by atoms with Gasteiger partial charge in [-0.25, -0.2) is 4.98 Å². The maximum atomic E-state index is 9.75. The molecule has 1 saturated carbocycles. The van der Waals surface area contributed by atoms with Gasteiger partial charge in [-0.15, -0.1) is 0 Å².